The van der Waals surface area contributed by atoms with Crippen LogP contribution in [0.1, 0.15) is 36.3 Å². The molecule has 0 unspecified atom stereocenters. The third-order valence-electron chi connectivity index (χ3n) is 5.63. The van der Waals surface area contributed by atoms with Gasteiger partial charge in [-0.15, -0.1) is 0 Å². The van der Waals surface area contributed by atoms with Gasteiger partial charge in [0.05, 0.1) is 14.2 Å². The van der Waals surface area contributed by atoms with Crippen LogP contribution in [0.15, 0.2) is 41.6 Å². The van der Waals surface area contributed by atoms with Crippen molar-refractivity contribution in [1.29, 1.82) is 0 Å². The molecule has 1 atom stereocenters. The molecule has 0 saturated carbocycles. The zero-order valence-electron chi connectivity index (χ0n) is 15.8. The number of Topliss-reactive ketones (excluding diaryl/α,β-unsaturated/α-hetero) is 1. The number of methoxy groups -OCH3 is 2. The van der Waals surface area contributed by atoms with Gasteiger partial charge < -0.3 is 24.3 Å². The Labute approximate surface area is 163 Å². The first-order valence-corrected chi connectivity index (χ1v) is 9.38. The summed E-state index contributed by atoms with van der Waals surface area (Å²) in [5, 5.41) is 3.48. The molecule has 2 heterocycles. The number of benzene rings is 2. The first-order valence-electron chi connectivity index (χ1n) is 9.38. The lowest BCUT2D eigenvalue weighted by molar-refractivity contribution is -0.116. The Bertz CT molecular complexity index is 1010. The van der Waals surface area contributed by atoms with Crippen molar-refractivity contribution in [2.24, 2.45) is 0 Å². The normalized spacial score (nSPS) is 19.6. The van der Waals surface area contributed by atoms with Gasteiger partial charge >= 0.3 is 0 Å². The van der Waals surface area contributed by atoms with Crippen LogP contribution in [-0.4, -0.2) is 26.8 Å². The molecule has 144 valence electrons. The summed E-state index contributed by atoms with van der Waals surface area (Å²) in [5.74, 6) is 2.78. The van der Waals surface area contributed by atoms with Crippen molar-refractivity contribution in [3.63, 3.8) is 0 Å². The Morgan fingerprint density at radius 1 is 1.00 bits per heavy atom. The van der Waals surface area contributed by atoms with Gasteiger partial charge in [0.25, 0.3) is 0 Å². The van der Waals surface area contributed by atoms with Crippen LogP contribution in [0, 0.1) is 0 Å². The van der Waals surface area contributed by atoms with E-state index in [1.54, 1.807) is 14.2 Å². The average molecular weight is 379 g/mol. The van der Waals surface area contributed by atoms with Crippen LogP contribution >= 0.6 is 0 Å². The fourth-order valence-electron chi connectivity index (χ4n) is 4.34. The number of carbonyl (C=O) groups is 1. The largest absolute Gasteiger partial charge is 0.497 e. The molecule has 1 N–H and O–H groups in total. The highest BCUT2D eigenvalue weighted by Crippen LogP contribution is 2.51. The number of ketones is 1. The van der Waals surface area contributed by atoms with Gasteiger partial charge in [-0.1, -0.05) is 0 Å². The molecule has 3 aliphatic rings. The molecule has 0 fully saturated rings. The minimum Gasteiger partial charge on any atom is -0.497 e. The maximum atomic E-state index is 13.0. The second kappa shape index (κ2) is 6.48. The monoisotopic (exact) mass is 379 g/mol. The van der Waals surface area contributed by atoms with Gasteiger partial charge in [0, 0.05) is 40.9 Å². The number of anilines is 1. The Morgan fingerprint density at radius 3 is 2.61 bits per heavy atom. The number of fused-ring (bicyclic) bond motifs is 2. The SMILES string of the molecule is COc1ccc(OC)c([C@@H]2C3=C(CCCC3=O)Nc3cc4c(cc32)OCO4)c1. The van der Waals surface area contributed by atoms with Crippen molar-refractivity contribution in [3.8, 4) is 23.0 Å². The van der Waals surface area contributed by atoms with Gasteiger partial charge in [0.2, 0.25) is 6.79 Å². The Hall–Kier alpha value is -3.15. The highest BCUT2D eigenvalue weighted by molar-refractivity contribution is 6.01. The number of carbonyl (C=O) groups excluding carboxylic acids is 1. The molecule has 5 rings (SSSR count). The van der Waals surface area contributed by atoms with Crippen LogP contribution in [-0.2, 0) is 4.79 Å². The van der Waals surface area contributed by atoms with Gasteiger partial charge in [-0.05, 0) is 42.7 Å². The fraction of sp³-hybridized carbons (Fsp3) is 0.318. The maximum Gasteiger partial charge on any atom is 0.231 e. The topological polar surface area (TPSA) is 66.0 Å². The molecule has 0 radical (unpaired) electrons. The lowest BCUT2D eigenvalue weighted by atomic mass is 9.75. The van der Waals surface area contributed by atoms with Gasteiger partial charge in [0.15, 0.2) is 17.3 Å². The van der Waals surface area contributed by atoms with Crippen molar-refractivity contribution < 1.29 is 23.7 Å². The van der Waals surface area contributed by atoms with Crippen LogP contribution < -0.4 is 24.3 Å². The third kappa shape index (κ3) is 2.52. The fourth-order valence-corrected chi connectivity index (χ4v) is 4.34. The Morgan fingerprint density at radius 2 is 1.82 bits per heavy atom. The van der Waals surface area contributed by atoms with E-state index in [2.05, 4.69) is 5.32 Å². The molecule has 2 aliphatic heterocycles. The van der Waals surface area contributed by atoms with E-state index in [1.807, 2.05) is 30.3 Å². The smallest absolute Gasteiger partial charge is 0.231 e. The minimum atomic E-state index is -0.251. The average Bonchev–Trinajstić information content (AvgIpc) is 3.17. The zero-order valence-corrected chi connectivity index (χ0v) is 15.8. The van der Waals surface area contributed by atoms with Crippen molar-refractivity contribution in [2.45, 2.75) is 25.2 Å². The maximum absolute atomic E-state index is 13.0. The summed E-state index contributed by atoms with van der Waals surface area (Å²) < 4.78 is 22.3. The Kier molecular flexibility index (Phi) is 3.93. The summed E-state index contributed by atoms with van der Waals surface area (Å²) in [6.45, 7) is 0.206. The summed E-state index contributed by atoms with van der Waals surface area (Å²) in [7, 11) is 3.28. The molecule has 2 aromatic rings. The molecule has 0 amide bonds. The Balaban J connectivity index is 1.77. The molecule has 0 aromatic heterocycles. The lowest BCUT2D eigenvalue weighted by Gasteiger charge is -2.34. The van der Waals surface area contributed by atoms with E-state index in [0.29, 0.717) is 17.9 Å². The van der Waals surface area contributed by atoms with Crippen LogP contribution in [0.3, 0.4) is 0 Å². The van der Waals surface area contributed by atoms with E-state index < -0.39 is 0 Å². The van der Waals surface area contributed by atoms with Gasteiger partial charge in [-0.2, -0.15) is 0 Å². The van der Waals surface area contributed by atoms with Gasteiger partial charge in [-0.25, -0.2) is 0 Å². The van der Waals surface area contributed by atoms with Gasteiger partial charge in [-0.3, -0.25) is 4.79 Å². The third-order valence-corrected chi connectivity index (χ3v) is 5.63. The van der Waals surface area contributed by atoms with E-state index in [1.165, 1.54) is 0 Å². The molecule has 1 aliphatic carbocycles. The first-order chi connectivity index (χ1) is 13.7. The molecule has 28 heavy (non-hydrogen) atoms. The molecule has 0 spiro atoms. The number of nitrogens with one attached hydrogen (secondary N) is 1. The summed E-state index contributed by atoms with van der Waals surface area (Å²) in [6, 6.07) is 9.63. The molecular formula is C22H21NO5. The highest BCUT2D eigenvalue weighted by Gasteiger charge is 2.38. The molecular weight excluding hydrogens is 358 g/mol. The second-order valence-corrected chi connectivity index (χ2v) is 7.13. The van der Waals surface area contributed by atoms with Gasteiger partial charge in [0.1, 0.15) is 11.5 Å². The molecule has 0 saturated heterocycles. The van der Waals surface area contributed by atoms with Crippen molar-refractivity contribution in [2.75, 3.05) is 26.3 Å². The quantitative estimate of drug-likeness (QED) is 0.870. The summed E-state index contributed by atoms with van der Waals surface area (Å²) >= 11 is 0. The molecule has 2 aromatic carbocycles. The highest BCUT2D eigenvalue weighted by atomic mass is 16.7. The standard InChI is InChI=1S/C22H21NO5/c1-25-12-6-7-18(26-2)14(8-12)21-13-9-19-20(28-11-27-19)10-16(13)23-15-4-3-5-17(24)22(15)21/h6-10,21,23H,3-5,11H2,1-2H3/t21-/m1/s1. The molecule has 6 heteroatoms. The minimum absolute atomic E-state index is 0.173. The van der Waals surface area contributed by atoms with E-state index in [4.69, 9.17) is 18.9 Å². The summed E-state index contributed by atoms with van der Waals surface area (Å²) in [4.78, 5) is 13.0. The van der Waals surface area contributed by atoms with E-state index >= 15 is 0 Å². The van der Waals surface area contributed by atoms with E-state index in [9.17, 15) is 4.79 Å². The van der Waals surface area contributed by atoms with Crippen LogP contribution in [0.25, 0.3) is 0 Å². The van der Waals surface area contributed by atoms with Crippen molar-refractivity contribution in [1.82, 2.24) is 0 Å². The van der Waals surface area contributed by atoms with E-state index in [-0.39, 0.29) is 18.5 Å². The predicted molar refractivity (Wildman–Crippen MR) is 103 cm³/mol. The zero-order chi connectivity index (χ0) is 19.3. The molecule has 6 nitrogen and oxygen atoms in total. The summed E-state index contributed by atoms with van der Waals surface area (Å²) in [6.07, 6.45) is 2.26. The van der Waals surface area contributed by atoms with Crippen molar-refractivity contribution in [3.05, 3.63) is 52.7 Å². The first kappa shape index (κ1) is 17.0. The lowest BCUT2D eigenvalue weighted by Crippen LogP contribution is -2.27. The van der Waals surface area contributed by atoms with E-state index in [0.717, 1.165) is 52.4 Å². The van der Waals surface area contributed by atoms with Crippen LogP contribution in [0.5, 0.6) is 23.0 Å². The van der Waals surface area contributed by atoms with Crippen LogP contribution in [0.2, 0.25) is 0 Å². The number of rotatable bonds is 3. The summed E-state index contributed by atoms with van der Waals surface area (Å²) in [5.41, 5.74) is 4.62. The number of allylic oxidation sites excluding steroid dienone is 2. The number of hydrogen-bond acceptors (Lipinski definition) is 6. The number of hydrogen-bond donors (Lipinski definition) is 1. The van der Waals surface area contributed by atoms with Crippen molar-refractivity contribution >= 4 is 11.5 Å². The molecule has 0 bridgehead atoms. The second-order valence-electron chi connectivity index (χ2n) is 7.13. The number of ether oxygens (including phenoxy) is 4. The van der Waals surface area contributed by atoms with Crippen LogP contribution in [0.4, 0.5) is 5.69 Å². The predicted octanol–water partition coefficient (Wildman–Crippen LogP) is 4.00.